The normalized spacial score (nSPS) is 18.1. The quantitative estimate of drug-likeness (QED) is 0.912. The summed E-state index contributed by atoms with van der Waals surface area (Å²) in [5.74, 6) is 0.214. The molecule has 4 heteroatoms. The Kier molecular flexibility index (Phi) is 4.87. The Morgan fingerprint density at radius 3 is 2.78 bits per heavy atom. The Morgan fingerprint density at radius 1 is 1.39 bits per heavy atom. The van der Waals surface area contributed by atoms with E-state index in [1.54, 1.807) is 6.07 Å². The van der Waals surface area contributed by atoms with Gasteiger partial charge in [-0.05, 0) is 25.8 Å². The Balaban J connectivity index is 1.90. The largest absolute Gasteiger partial charge is 0.506 e. The Morgan fingerprint density at radius 2 is 2.11 bits per heavy atom. The molecule has 1 aliphatic rings. The number of rotatable bonds is 4. The molecule has 18 heavy (non-hydrogen) atoms. The summed E-state index contributed by atoms with van der Waals surface area (Å²) in [5, 5.41) is 10.3. The molecule has 0 aromatic heterocycles. The van der Waals surface area contributed by atoms with Crippen LogP contribution in [0, 0.1) is 0 Å². The van der Waals surface area contributed by atoms with Crippen LogP contribution in [0.4, 0.5) is 0 Å². The molecule has 0 atom stereocenters. The molecular formula is C14H20ClNO2. The Labute approximate surface area is 113 Å². The Hall–Kier alpha value is -0.770. The first-order valence-electron chi connectivity index (χ1n) is 6.51. The fourth-order valence-corrected chi connectivity index (χ4v) is 2.59. The predicted molar refractivity (Wildman–Crippen MR) is 73.0 cm³/mol. The first kappa shape index (κ1) is 13.7. The molecule has 1 heterocycles. The predicted octanol–water partition coefficient (Wildman–Crippen LogP) is 3.05. The number of hydrogen-bond acceptors (Lipinski definition) is 3. The van der Waals surface area contributed by atoms with Crippen molar-refractivity contribution in [3.63, 3.8) is 0 Å². The molecule has 100 valence electrons. The van der Waals surface area contributed by atoms with E-state index in [0.717, 1.165) is 44.6 Å². The molecule has 1 fully saturated rings. The van der Waals surface area contributed by atoms with Gasteiger partial charge in [0.1, 0.15) is 5.75 Å². The maximum atomic E-state index is 9.88. The van der Waals surface area contributed by atoms with Crippen LogP contribution in [0.2, 0.25) is 5.02 Å². The van der Waals surface area contributed by atoms with Crippen molar-refractivity contribution >= 4 is 11.6 Å². The van der Waals surface area contributed by atoms with E-state index >= 15 is 0 Å². The number of aromatic hydroxyl groups is 1. The first-order chi connectivity index (χ1) is 8.70. The van der Waals surface area contributed by atoms with Gasteiger partial charge in [0.2, 0.25) is 0 Å². The van der Waals surface area contributed by atoms with Crippen LogP contribution in [-0.2, 0) is 11.3 Å². The van der Waals surface area contributed by atoms with E-state index in [9.17, 15) is 5.11 Å². The maximum absolute atomic E-state index is 9.88. The monoisotopic (exact) mass is 269 g/mol. The van der Waals surface area contributed by atoms with E-state index in [1.165, 1.54) is 0 Å². The summed E-state index contributed by atoms with van der Waals surface area (Å²) in [5.41, 5.74) is 0.900. The summed E-state index contributed by atoms with van der Waals surface area (Å²) < 4.78 is 5.63. The highest BCUT2D eigenvalue weighted by Gasteiger charge is 2.20. The van der Waals surface area contributed by atoms with Crippen LogP contribution >= 0.6 is 11.6 Å². The van der Waals surface area contributed by atoms with Crippen LogP contribution in [0.25, 0.3) is 0 Å². The molecule has 2 rings (SSSR count). The summed E-state index contributed by atoms with van der Waals surface area (Å²) in [6.07, 6.45) is 2.53. The van der Waals surface area contributed by atoms with Gasteiger partial charge in [-0.3, -0.25) is 4.90 Å². The third-order valence-electron chi connectivity index (χ3n) is 3.40. The van der Waals surface area contributed by atoms with Gasteiger partial charge >= 0.3 is 0 Å². The average molecular weight is 270 g/mol. The maximum Gasteiger partial charge on any atom is 0.138 e. The van der Waals surface area contributed by atoms with Crippen molar-refractivity contribution < 1.29 is 9.84 Å². The average Bonchev–Trinajstić information content (AvgIpc) is 2.38. The van der Waals surface area contributed by atoms with Gasteiger partial charge in [-0.25, -0.2) is 0 Å². The molecule has 1 aromatic carbocycles. The highest BCUT2D eigenvalue weighted by molar-refractivity contribution is 6.32. The fraction of sp³-hybridized carbons (Fsp3) is 0.571. The van der Waals surface area contributed by atoms with Crippen LogP contribution in [0.1, 0.15) is 25.3 Å². The van der Waals surface area contributed by atoms with Crippen molar-refractivity contribution in [2.24, 2.45) is 0 Å². The number of ether oxygens (including phenoxy) is 1. The van der Waals surface area contributed by atoms with Gasteiger partial charge in [0, 0.05) is 31.8 Å². The summed E-state index contributed by atoms with van der Waals surface area (Å²) in [6.45, 7) is 5.61. The summed E-state index contributed by atoms with van der Waals surface area (Å²) in [7, 11) is 0. The molecule has 0 radical (unpaired) electrons. The van der Waals surface area contributed by atoms with Gasteiger partial charge in [0.05, 0.1) is 11.1 Å². The lowest BCUT2D eigenvalue weighted by molar-refractivity contribution is 0.0124. The molecule has 0 unspecified atom stereocenters. The molecular weight excluding hydrogens is 250 g/mol. The number of piperidine rings is 1. The smallest absolute Gasteiger partial charge is 0.138 e. The summed E-state index contributed by atoms with van der Waals surface area (Å²) >= 11 is 5.91. The topological polar surface area (TPSA) is 32.7 Å². The van der Waals surface area contributed by atoms with Crippen molar-refractivity contribution in [3.05, 3.63) is 28.8 Å². The van der Waals surface area contributed by atoms with E-state index in [2.05, 4.69) is 4.90 Å². The minimum Gasteiger partial charge on any atom is -0.506 e. The summed E-state index contributed by atoms with van der Waals surface area (Å²) in [6, 6.07) is 5.52. The molecule has 1 aliphatic heterocycles. The molecule has 1 saturated heterocycles. The zero-order valence-electron chi connectivity index (χ0n) is 10.7. The Bertz CT molecular complexity index is 389. The van der Waals surface area contributed by atoms with E-state index < -0.39 is 0 Å². The second-order valence-corrected chi connectivity index (χ2v) is 5.09. The molecule has 0 spiro atoms. The molecule has 1 N–H and O–H groups in total. The lowest BCUT2D eigenvalue weighted by atomic mass is 10.1. The van der Waals surface area contributed by atoms with Gasteiger partial charge in [0.15, 0.2) is 0 Å². The van der Waals surface area contributed by atoms with Gasteiger partial charge in [-0.2, -0.15) is 0 Å². The third-order valence-corrected chi connectivity index (χ3v) is 3.71. The van der Waals surface area contributed by atoms with E-state index in [0.29, 0.717) is 11.1 Å². The number of likely N-dealkylation sites (tertiary alicyclic amines) is 1. The number of benzene rings is 1. The number of para-hydroxylation sites is 1. The lowest BCUT2D eigenvalue weighted by Crippen LogP contribution is -2.36. The number of phenolic OH excluding ortho intramolecular Hbond substituents is 1. The minimum atomic E-state index is 0.214. The molecule has 0 aliphatic carbocycles. The third kappa shape index (κ3) is 3.37. The standard InChI is InChI=1S/C14H20ClNO2/c1-2-18-12-6-8-16(9-7-12)10-11-4-3-5-13(15)14(11)17/h3-5,12,17H,2,6-10H2,1H3. The molecule has 0 bridgehead atoms. The second kappa shape index (κ2) is 6.41. The minimum absolute atomic E-state index is 0.214. The number of phenols is 1. The fourth-order valence-electron chi connectivity index (χ4n) is 2.40. The van der Waals surface area contributed by atoms with Crippen molar-refractivity contribution in [3.8, 4) is 5.75 Å². The number of halogens is 1. The lowest BCUT2D eigenvalue weighted by Gasteiger charge is -2.31. The van der Waals surface area contributed by atoms with Crippen LogP contribution in [0.15, 0.2) is 18.2 Å². The molecule has 1 aromatic rings. The number of hydrogen-bond donors (Lipinski definition) is 1. The molecule has 0 amide bonds. The van der Waals surface area contributed by atoms with E-state index in [4.69, 9.17) is 16.3 Å². The van der Waals surface area contributed by atoms with Crippen molar-refractivity contribution in [1.82, 2.24) is 4.90 Å². The highest BCUT2D eigenvalue weighted by Crippen LogP contribution is 2.28. The molecule has 3 nitrogen and oxygen atoms in total. The number of nitrogens with zero attached hydrogens (tertiary/aromatic N) is 1. The van der Waals surface area contributed by atoms with Crippen molar-refractivity contribution in [2.75, 3.05) is 19.7 Å². The highest BCUT2D eigenvalue weighted by atomic mass is 35.5. The second-order valence-electron chi connectivity index (χ2n) is 4.68. The summed E-state index contributed by atoms with van der Waals surface area (Å²) in [4.78, 5) is 2.33. The van der Waals surface area contributed by atoms with Gasteiger partial charge < -0.3 is 9.84 Å². The van der Waals surface area contributed by atoms with Gasteiger partial charge in [0.25, 0.3) is 0 Å². The molecule has 0 saturated carbocycles. The zero-order valence-corrected chi connectivity index (χ0v) is 11.5. The zero-order chi connectivity index (χ0) is 13.0. The van der Waals surface area contributed by atoms with Crippen LogP contribution in [0.5, 0.6) is 5.75 Å². The SMILES string of the molecule is CCOC1CCN(Cc2cccc(Cl)c2O)CC1. The van der Waals surface area contributed by atoms with Crippen molar-refractivity contribution in [1.29, 1.82) is 0 Å². The van der Waals surface area contributed by atoms with E-state index in [-0.39, 0.29) is 5.75 Å². The van der Waals surface area contributed by atoms with E-state index in [1.807, 2.05) is 19.1 Å². The van der Waals surface area contributed by atoms with Crippen LogP contribution < -0.4 is 0 Å². The van der Waals surface area contributed by atoms with Gasteiger partial charge in [-0.15, -0.1) is 0 Å². The van der Waals surface area contributed by atoms with Crippen molar-refractivity contribution in [2.45, 2.75) is 32.4 Å². The van der Waals surface area contributed by atoms with Gasteiger partial charge in [-0.1, -0.05) is 23.7 Å². The van der Waals surface area contributed by atoms with Crippen LogP contribution in [-0.4, -0.2) is 35.8 Å². The first-order valence-corrected chi connectivity index (χ1v) is 6.88. The van der Waals surface area contributed by atoms with Crippen LogP contribution in [0.3, 0.4) is 0 Å².